The Hall–Kier alpha value is -1.07. The SMILES string of the molecule is CNC(C)C(=O)Nc1c(C)cc(Br)cc1OC. The molecule has 1 aromatic carbocycles. The first-order chi connectivity index (χ1) is 7.99. The Morgan fingerprint density at radius 1 is 1.47 bits per heavy atom. The van der Waals surface area contributed by atoms with Crippen molar-refractivity contribution in [1.29, 1.82) is 0 Å². The molecule has 17 heavy (non-hydrogen) atoms. The number of methoxy groups -OCH3 is 1. The van der Waals surface area contributed by atoms with Crippen molar-refractivity contribution in [2.45, 2.75) is 19.9 Å². The summed E-state index contributed by atoms with van der Waals surface area (Å²) in [6.45, 7) is 3.73. The van der Waals surface area contributed by atoms with Crippen LogP contribution in [0.4, 0.5) is 5.69 Å². The molecule has 1 rings (SSSR count). The minimum atomic E-state index is -0.247. The standard InChI is InChI=1S/C12H17BrN2O2/c1-7-5-9(13)6-10(17-4)11(7)15-12(16)8(2)14-3/h5-6,8,14H,1-4H3,(H,15,16). The molecule has 1 unspecified atom stereocenters. The van der Waals surface area contributed by atoms with Crippen LogP contribution in [0, 0.1) is 6.92 Å². The van der Waals surface area contributed by atoms with Crippen LogP contribution in [0.3, 0.4) is 0 Å². The van der Waals surface area contributed by atoms with Crippen molar-refractivity contribution in [2.24, 2.45) is 0 Å². The zero-order chi connectivity index (χ0) is 13.0. The molecule has 1 amide bonds. The van der Waals surface area contributed by atoms with Crippen LogP contribution in [0.15, 0.2) is 16.6 Å². The Bertz CT molecular complexity index is 421. The molecule has 4 nitrogen and oxygen atoms in total. The molecular formula is C12H17BrN2O2. The van der Waals surface area contributed by atoms with Crippen LogP contribution in [0.5, 0.6) is 5.75 Å². The monoisotopic (exact) mass is 300 g/mol. The smallest absolute Gasteiger partial charge is 0.241 e. The number of benzene rings is 1. The van der Waals surface area contributed by atoms with Crippen molar-refractivity contribution < 1.29 is 9.53 Å². The molecule has 94 valence electrons. The van der Waals surface area contributed by atoms with Gasteiger partial charge in [-0.1, -0.05) is 15.9 Å². The lowest BCUT2D eigenvalue weighted by molar-refractivity contribution is -0.117. The van der Waals surface area contributed by atoms with E-state index in [1.165, 1.54) is 0 Å². The second kappa shape index (κ2) is 6.02. The molecule has 1 atom stereocenters. The van der Waals surface area contributed by atoms with E-state index in [1.54, 1.807) is 21.1 Å². The number of ether oxygens (including phenoxy) is 1. The van der Waals surface area contributed by atoms with E-state index in [0.29, 0.717) is 11.4 Å². The molecule has 5 heteroatoms. The number of likely N-dealkylation sites (N-methyl/N-ethyl adjacent to an activating group) is 1. The van der Waals surface area contributed by atoms with E-state index in [4.69, 9.17) is 4.74 Å². The molecule has 0 bridgehead atoms. The molecule has 0 aliphatic carbocycles. The summed E-state index contributed by atoms with van der Waals surface area (Å²) in [6.07, 6.45) is 0. The van der Waals surface area contributed by atoms with Gasteiger partial charge >= 0.3 is 0 Å². The number of nitrogens with one attached hydrogen (secondary N) is 2. The van der Waals surface area contributed by atoms with Gasteiger partial charge in [0.1, 0.15) is 5.75 Å². The van der Waals surface area contributed by atoms with Gasteiger partial charge in [-0.15, -0.1) is 0 Å². The van der Waals surface area contributed by atoms with Crippen LogP contribution >= 0.6 is 15.9 Å². The number of aryl methyl sites for hydroxylation is 1. The average molecular weight is 301 g/mol. The number of carbonyl (C=O) groups excluding carboxylic acids is 1. The van der Waals surface area contributed by atoms with Gasteiger partial charge in [0.2, 0.25) is 5.91 Å². The van der Waals surface area contributed by atoms with E-state index in [9.17, 15) is 4.79 Å². The number of rotatable bonds is 4. The third-order valence-electron chi connectivity index (χ3n) is 2.56. The van der Waals surface area contributed by atoms with Crippen LogP contribution < -0.4 is 15.4 Å². The fourth-order valence-electron chi connectivity index (χ4n) is 1.40. The Labute approximate surface area is 110 Å². The third-order valence-corrected chi connectivity index (χ3v) is 3.02. The van der Waals surface area contributed by atoms with Crippen LogP contribution in [-0.2, 0) is 4.79 Å². The van der Waals surface area contributed by atoms with Crippen molar-refractivity contribution in [3.63, 3.8) is 0 Å². The molecule has 0 spiro atoms. The van der Waals surface area contributed by atoms with Crippen LogP contribution in [0.1, 0.15) is 12.5 Å². The van der Waals surface area contributed by atoms with Gasteiger partial charge in [0.15, 0.2) is 0 Å². The zero-order valence-corrected chi connectivity index (χ0v) is 12.0. The molecule has 0 heterocycles. The van der Waals surface area contributed by atoms with Crippen LogP contribution in [-0.4, -0.2) is 26.1 Å². The average Bonchev–Trinajstić information content (AvgIpc) is 2.30. The molecule has 0 aliphatic rings. The highest BCUT2D eigenvalue weighted by Crippen LogP contribution is 2.32. The molecule has 0 aliphatic heterocycles. The summed E-state index contributed by atoms with van der Waals surface area (Å²) >= 11 is 3.39. The molecule has 0 radical (unpaired) electrons. The second-order valence-corrected chi connectivity index (χ2v) is 4.72. The molecule has 1 aromatic rings. The van der Waals surface area contributed by atoms with E-state index < -0.39 is 0 Å². The molecular weight excluding hydrogens is 284 g/mol. The highest BCUT2D eigenvalue weighted by Gasteiger charge is 2.15. The van der Waals surface area contributed by atoms with Crippen molar-refractivity contribution in [1.82, 2.24) is 5.32 Å². The third kappa shape index (κ3) is 3.44. The maximum absolute atomic E-state index is 11.8. The summed E-state index contributed by atoms with van der Waals surface area (Å²) in [5, 5.41) is 5.75. The number of carbonyl (C=O) groups is 1. The normalized spacial score (nSPS) is 12.1. The van der Waals surface area contributed by atoms with Gasteiger partial charge in [-0.3, -0.25) is 4.79 Å². The van der Waals surface area contributed by atoms with E-state index in [2.05, 4.69) is 26.6 Å². The lowest BCUT2D eigenvalue weighted by Crippen LogP contribution is -2.35. The molecule has 0 saturated carbocycles. The molecule has 0 aromatic heterocycles. The van der Waals surface area contributed by atoms with E-state index in [-0.39, 0.29) is 11.9 Å². The Morgan fingerprint density at radius 3 is 2.65 bits per heavy atom. The predicted molar refractivity (Wildman–Crippen MR) is 72.6 cm³/mol. The number of hydrogen-bond acceptors (Lipinski definition) is 3. The van der Waals surface area contributed by atoms with E-state index in [1.807, 2.05) is 19.1 Å². The maximum Gasteiger partial charge on any atom is 0.241 e. The number of halogens is 1. The highest BCUT2D eigenvalue weighted by atomic mass is 79.9. The van der Waals surface area contributed by atoms with Gasteiger partial charge in [-0.05, 0) is 38.6 Å². The Kier molecular flexibility index (Phi) is 4.96. The maximum atomic E-state index is 11.8. The summed E-state index contributed by atoms with van der Waals surface area (Å²) in [7, 11) is 3.33. The Balaban J connectivity index is 3.01. The summed E-state index contributed by atoms with van der Waals surface area (Å²) in [4.78, 5) is 11.8. The number of anilines is 1. The topological polar surface area (TPSA) is 50.4 Å². The summed E-state index contributed by atoms with van der Waals surface area (Å²) < 4.78 is 6.18. The second-order valence-electron chi connectivity index (χ2n) is 3.80. The van der Waals surface area contributed by atoms with E-state index in [0.717, 1.165) is 10.0 Å². The summed E-state index contributed by atoms with van der Waals surface area (Å²) in [6, 6.07) is 3.51. The van der Waals surface area contributed by atoms with Gasteiger partial charge < -0.3 is 15.4 Å². The summed E-state index contributed by atoms with van der Waals surface area (Å²) in [5.74, 6) is 0.560. The lowest BCUT2D eigenvalue weighted by Gasteiger charge is -2.16. The van der Waals surface area contributed by atoms with Crippen LogP contribution in [0.25, 0.3) is 0 Å². The molecule has 0 saturated heterocycles. The lowest BCUT2D eigenvalue weighted by atomic mass is 10.1. The summed E-state index contributed by atoms with van der Waals surface area (Å²) in [5.41, 5.74) is 1.66. The number of hydrogen-bond donors (Lipinski definition) is 2. The fourth-order valence-corrected chi connectivity index (χ4v) is 1.95. The van der Waals surface area contributed by atoms with Gasteiger partial charge in [0, 0.05) is 4.47 Å². The minimum absolute atomic E-state index is 0.0868. The first kappa shape index (κ1) is 14.0. The van der Waals surface area contributed by atoms with Gasteiger partial charge in [-0.25, -0.2) is 0 Å². The van der Waals surface area contributed by atoms with E-state index >= 15 is 0 Å². The van der Waals surface area contributed by atoms with Gasteiger partial charge in [0.05, 0.1) is 18.8 Å². The first-order valence-electron chi connectivity index (χ1n) is 5.31. The molecule has 2 N–H and O–H groups in total. The number of amides is 1. The first-order valence-corrected chi connectivity index (χ1v) is 6.11. The van der Waals surface area contributed by atoms with Crippen molar-refractivity contribution in [3.8, 4) is 5.75 Å². The zero-order valence-electron chi connectivity index (χ0n) is 10.4. The quantitative estimate of drug-likeness (QED) is 0.897. The van der Waals surface area contributed by atoms with Gasteiger partial charge in [0.25, 0.3) is 0 Å². The van der Waals surface area contributed by atoms with Gasteiger partial charge in [-0.2, -0.15) is 0 Å². The predicted octanol–water partition coefficient (Wildman–Crippen LogP) is 2.31. The minimum Gasteiger partial charge on any atom is -0.495 e. The largest absolute Gasteiger partial charge is 0.495 e. The van der Waals surface area contributed by atoms with Crippen molar-refractivity contribution in [2.75, 3.05) is 19.5 Å². The molecule has 0 fully saturated rings. The highest BCUT2D eigenvalue weighted by molar-refractivity contribution is 9.10. The van der Waals surface area contributed by atoms with Crippen molar-refractivity contribution >= 4 is 27.5 Å². The van der Waals surface area contributed by atoms with Crippen LogP contribution in [0.2, 0.25) is 0 Å². The fraction of sp³-hybridized carbons (Fsp3) is 0.417. The van der Waals surface area contributed by atoms with Crippen molar-refractivity contribution in [3.05, 3.63) is 22.2 Å². The Morgan fingerprint density at radius 2 is 2.12 bits per heavy atom.